The van der Waals surface area contributed by atoms with Crippen LogP contribution in [0.4, 0.5) is 0 Å². The molecule has 0 spiro atoms. The van der Waals surface area contributed by atoms with Gasteiger partial charge >= 0.3 is 6.72 Å². The number of allylic oxidation sites excluding steroid dienone is 1. The van der Waals surface area contributed by atoms with E-state index in [0.29, 0.717) is 6.61 Å². The molecular weight excluding hydrogens is 269 g/mol. The van der Waals surface area contributed by atoms with E-state index in [9.17, 15) is 4.89 Å². The van der Waals surface area contributed by atoms with Gasteiger partial charge in [-0.2, -0.15) is 0 Å². The molecule has 108 valence electrons. The zero-order chi connectivity index (χ0) is 14.0. The molecule has 0 radical (unpaired) electrons. The summed E-state index contributed by atoms with van der Waals surface area (Å²) in [7, 11) is 0. The maximum absolute atomic E-state index is 9.65. The minimum Gasteiger partial charge on any atom is -0.389 e. The van der Waals surface area contributed by atoms with Gasteiger partial charge in [0.25, 0.3) is 0 Å². The van der Waals surface area contributed by atoms with Gasteiger partial charge in [0.2, 0.25) is 0 Å². The molecule has 0 saturated carbocycles. The second-order valence-electron chi connectivity index (χ2n) is 4.58. The molecule has 0 bridgehead atoms. The molecule has 6 heteroatoms. The minimum atomic E-state index is -3.01. The van der Waals surface area contributed by atoms with Gasteiger partial charge < -0.3 is 19.3 Å². The van der Waals surface area contributed by atoms with Crippen LogP contribution >= 0.6 is 6.72 Å². The number of hydrogen-bond acceptors (Lipinski definition) is 4. The second kappa shape index (κ2) is 9.93. The van der Waals surface area contributed by atoms with Crippen molar-refractivity contribution in [1.82, 2.24) is 5.32 Å². The Morgan fingerprint density at radius 3 is 2.50 bits per heavy atom. The van der Waals surface area contributed by atoms with Crippen LogP contribution in [-0.4, -0.2) is 24.1 Å². The molecule has 0 amide bonds. The van der Waals surface area contributed by atoms with Gasteiger partial charge in [0.05, 0.1) is 12.7 Å². The Morgan fingerprint density at radius 1 is 1.33 bits per heavy atom. The maximum Gasteiger partial charge on any atom is 0.324 e. The van der Waals surface area contributed by atoms with Gasteiger partial charge in [0.1, 0.15) is 0 Å². The first-order valence-corrected chi connectivity index (χ1v) is 8.97. The Kier molecular flexibility index (Phi) is 9.97. The number of unbranched alkanes of at least 4 members (excludes halogenated alkanes) is 3. The first-order chi connectivity index (χ1) is 8.33. The molecule has 4 nitrogen and oxygen atoms in total. The molecule has 0 aliphatic carbocycles. The summed E-state index contributed by atoms with van der Waals surface area (Å²) in [6.07, 6.45) is 4.10. The average Bonchev–Trinajstić information content (AvgIpc) is 2.19. The molecular formula is C12H26NO3PS. The van der Waals surface area contributed by atoms with E-state index < -0.39 is 6.72 Å². The molecule has 0 fully saturated rings. The van der Waals surface area contributed by atoms with Crippen LogP contribution in [0.3, 0.4) is 0 Å². The fourth-order valence-corrected chi connectivity index (χ4v) is 3.05. The predicted octanol–water partition coefficient (Wildman–Crippen LogP) is 3.33. The third kappa shape index (κ3) is 12.5. The third-order valence-electron chi connectivity index (χ3n) is 2.10. The van der Waals surface area contributed by atoms with Crippen LogP contribution in [0.1, 0.15) is 46.5 Å². The lowest BCUT2D eigenvalue weighted by molar-refractivity contribution is 0.160. The van der Waals surface area contributed by atoms with E-state index in [4.69, 9.17) is 20.9 Å². The number of hydrogen-bond donors (Lipinski definition) is 2. The normalized spacial score (nSPS) is 14.5. The number of nitrogens with one attached hydrogen (secondary N) is 1. The predicted molar refractivity (Wildman–Crippen MR) is 80.0 cm³/mol. The molecule has 0 aliphatic heterocycles. The third-order valence-corrected chi connectivity index (χ3v) is 3.87. The molecule has 0 heterocycles. The lowest BCUT2D eigenvalue weighted by atomic mass is 10.2. The van der Waals surface area contributed by atoms with E-state index in [2.05, 4.69) is 11.9 Å². The summed E-state index contributed by atoms with van der Waals surface area (Å²) < 4.78 is 10.4. The molecule has 0 aliphatic rings. The highest BCUT2D eigenvalue weighted by Crippen LogP contribution is 2.44. The zero-order valence-electron chi connectivity index (χ0n) is 11.6. The Labute approximate surface area is 116 Å². The minimum absolute atomic E-state index is 0.103. The smallest absolute Gasteiger partial charge is 0.324 e. The van der Waals surface area contributed by atoms with Gasteiger partial charge in [0, 0.05) is 12.2 Å². The van der Waals surface area contributed by atoms with Crippen LogP contribution in [0.5, 0.6) is 0 Å². The molecule has 1 atom stereocenters. The molecule has 0 rings (SSSR count). The van der Waals surface area contributed by atoms with Gasteiger partial charge in [-0.3, -0.25) is 0 Å². The molecule has 1 unspecified atom stereocenters. The highest BCUT2D eigenvalue weighted by atomic mass is 32.5. The SMILES string of the molecule is C=C(C)NCCCCCCOP(O)(=S)OC(C)C. The Balaban J connectivity index is 3.40. The molecule has 2 N–H and O–H groups in total. The van der Waals surface area contributed by atoms with Gasteiger partial charge in [-0.15, -0.1) is 0 Å². The van der Waals surface area contributed by atoms with Gasteiger partial charge in [0.15, 0.2) is 0 Å². The van der Waals surface area contributed by atoms with Crippen molar-refractivity contribution in [3.8, 4) is 0 Å². The van der Waals surface area contributed by atoms with Gasteiger partial charge in [-0.05, 0) is 45.4 Å². The van der Waals surface area contributed by atoms with Crippen LogP contribution in [0.25, 0.3) is 0 Å². The molecule has 18 heavy (non-hydrogen) atoms. The van der Waals surface area contributed by atoms with Crippen LogP contribution in [0, 0.1) is 0 Å². The monoisotopic (exact) mass is 295 g/mol. The molecule has 0 aromatic heterocycles. The standard InChI is InChI=1S/C12H26NO3PS/c1-11(2)13-9-7-5-6-8-10-15-17(14,18)16-12(3)4/h12-13H,1,5-10H2,2-4H3,(H,14,18). The van der Waals surface area contributed by atoms with Gasteiger partial charge in [-0.25, -0.2) is 0 Å². The summed E-state index contributed by atoms with van der Waals surface area (Å²) in [6.45, 7) is 7.80. The fraction of sp³-hybridized carbons (Fsp3) is 0.833. The Morgan fingerprint density at radius 2 is 1.94 bits per heavy atom. The zero-order valence-corrected chi connectivity index (χ0v) is 13.4. The van der Waals surface area contributed by atoms with Crippen LogP contribution in [-0.2, 0) is 20.9 Å². The summed E-state index contributed by atoms with van der Waals surface area (Å²) in [5.74, 6) is 0. The average molecular weight is 295 g/mol. The van der Waals surface area contributed by atoms with E-state index >= 15 is 0 Å². The molecule has 0 aromatic carbocycles. The second-order valence-corrected chi connectivity index (χ2v) is 7.37. The summed E-state index contributed by atoms with van der Waals surface area (Å²) in [6, 6.07) is 0. The summed E-state index contributed by atoms with van der Waals surface area (Å²) >= 11 is 4.87. The van der Waals surface area contributed by atoms with Crippen molar-refractivity contribution >= 4 is 18.5 Å². The van der Waals surface area contributed by atoms with E-state index in [-0.39, 0.29) is 6.10 Å². The highest BCUT2D eigenvalue weighted by Gasteiger charge is 2.16. The van der Waals surface area contributed by atoms with Crippen molar-refractivity contribution in [3.05, 3.63) is 12.3 Å². The van der Waals surface area contributed by atoms with Crippen LogP contribution in [0.15, 0.2) is 12.3 Å². The van der Waals surface area contributed by atoms with Crippen LogP contribution in [0.2, 0.25) is 0 Å². The highest BCUT2D eigenvalue weighted by molar-refractivity contribution is 8.07. The number of rotatable bonds is 11. The Hall–Kier alpha value is 0.0700. The summed E-state index contributed by atoms with van der Waals surface area (Å²) in [4.78, 5) is 9.65. The van der Waals surface area contributed by atoms with Crippen molar-refractivity contribution in [3.63, 3.8) is 0 Å². The fourth-order valence-electron chi connectivity index (χ4n) is 1.36. The first kappa shape index (κ1) is 18.1. The summed E-state index contributed by atoms with van der Waals surface area (Å²) in [5, 5.41) is 3.19. The van der Waals surface area contributed by atoms with E-state index in [1.165, 1.54) is 0 Å². The topological polar surface area (TPSA) is 50.7 Å². The lowest BCUT2D eigenvalue weighted by Crippen LogP contribution is -2.11. The maximum atomic E-state index is 9.65. The first-order valence-electron chi connectivity index (χ1n) is 6.38. The molecule has 0 saturated heterocycles. The largest absolute Gasteiger partial charge is 0.389 e. The van der Waals surface area contributed by atoms with Gasteiger partial charge in [-0.1, -0.05) is 19.4 Å². The van der Waals surface area contributed by atoms with E-state index in [1.807, 2.05) is 20.8 Å². The molecule has 0 aromatic rings. The van der Waals surface area contributed by atoms with Crippen LogP contribution < -0.4 is 5.32 Å². The van der Waals surface area contributed by atoms with Crippen molar-refractivity contribution in [2.24, 2.45) is 0 Å². The van der Waals surface area contributed by atoms with Crippen molar-refractivity contribution < 1.29 is 13.9 Å². The Bertz CT molecular complexity index is 284. The summed E-state index contributed by atoms with van der Waals surface area (Å²) in [5.41, 5.74) is 1.00. The van der Waals surface area contributed by atoms with Crippen molar-refractivity contribution in [2.45, 2.75) is 52.6 Å². The lowest BCUT2D eigenvalue weighted by Gasteiger charge is -2.17. The quantitative estimate of drug-likeness (QED) is 0.452. The van der Waals surface area contributed by atoms with Crippen molar-refractivity contribution in [1.29, 1.82) is 0 Å². The van der Waals surface area contributed by atoms with Crippen molar-refractivity contribution in [2.75, 3.05) is 13.2 Å². The van der Waals surface area contributed by atoms with E-state index in [1.54, 1.807) is 0 Å². The van der Waals surface area contributed by atoms with E-state index in [0.717, 1.165) is 37.9 Å².